The normalized spacial score (nSPS) is 11.2. The van der Waals surface area contributed by atoms with Crippen LogP contribution < -0.4 is 5.73 Å². The lowest BCUT2D eigenvalue weighted by atomic mass is 10.5. The van der Waals surface area contributed by atoms with E-state index in [1.54, 1.807) is 6.19 Å². The molecule has 0 aromatic heterocycles. The lowest BCUT2D eigenvalue weighted by molar-refractivity contribution is 0.597. The van der Waals surface area contributed by atoms with Crippen LogP contribution in [0.5, 0.6) is 0 Å². The van der Waals surface area contributed by atoms with E-state index in [2.05, 4.69) is 19.2 Å². The molecule has 0 radical (unpaired) electrons. The van der Waals surface area contributed by atoms with E-state index in [-0.39, 0.29) is 5.96 Å². The van der Waals surface area contributed by atoms with E-state index in [9.17, 15) is 0 Å². The molecule has 0 fully saturated rings. The average Bonchev–Trinajstić information content (AvgIpc) is 1.88. The molecule has 0 bridgehead atoms. The van der Waals surface area contributed by atoms with Gasteiger partial charge in [0.15, 0.2) is 6.19 Å². The zero-order valence-corrected chi connectivity index (χ0v) is 6.18. The van der Waals surface area contributed by atoms with Crippen molar-refractivity contribution >= 4 is 18.6 Å². The van der Waals surface area contributed by atoms with Gasteiger partial charge in [0.05, 0.1) is 0 Å². The van der Waals surface area contributed by atoms with Crippen molar-refractivity contribution in [1.82, 2.24) is 4.90 Å². The summed E-state index contributed by atoms with van der Waals surface area (Å²) >= 11 is 3.91. The summed E-state index contributed by atoms with van der Waals surface area (Å²) in [5, 5.41) is 14.7. The highest BCUT2D eigenvalue weighted by Crippen LogP contribution is 2.01. The largest absolute Gasteiger partial charge is 0.369 e. The Kier molecular flexibility index (Phi) is 3.36. The predicted molar refractivity (Wildman–Crippen MR) is 42.3 cm³/mol. The molecule has 0 rings (SSSR count). The minimum atomic E-state index is -0.512. The standard InChI is InChI=1S/C5H8N4S/c1-2-4(10)9(3-6)5(7)8/h2,4,10H,1H2,(H3,7,8). The molecule has 0 saturated carbocycles. The van der Waals surface area contributed by atoms with Gasteiger partial charge in [-0.25, -0.2) is 4.90 Å². The maximum absolute atomic E-state index is 8.36. The lowest BCUT2D eigenvalue weighted by Gasteiger charge is -2.16. The number of guanidine groups is 1. The average molecular weight is 156 g/mol. The molecule has 0 saturated heterocycles. The number of rotatable bonds is 2. The van der Waals surface area contributed by atoms with E-state index in [1.807, 2.05) is 0 Å². The molecule has 0 heterocycles. The van der Waals surface area contributed by atoms with E-state index in [1.165, 1.54) is 6.08 Å². The summed E-state index contributed by atoms with van der Waals surface area (Å²) in [5.41, 5.74) is 5.01. The smallest absolute Gasteiger partial charge is 0.203 e. The molecule has 4 nitrogen and oxygen atoms in total. The molecule has 0 aromatic carbocycles. The molecule has 0 aliphatic heterocycles. The van der Waals surface area contributed by atoms with Crippen molar-refractivity contribution in [3.63, 3.8) is 0 Å². The molecule has 1 unspecified atom stereocenters. The Labute approximate surface area is 64.8 Å². The summed E-state index contributed by atoms with van der Waals surface area (Å²) in [4.78, 5) is 0.927. The van der Waals surface area contributed by atoms with Crippen molar-refractivity contribution in [3.8, 4) is 6.19 Å². The summed E-state index contributed by atoms with van der Waals surface area (Å²) in [6, 6.07) is 0. The minimum Gasteiger partial charge on any atom is -0.369 e. The zero-order chi connectivity index (χ0) is 8.15. The molecule has 0 aliphatic rings. The fourth-order valence-electron chi connectivity index (χ4n) is 0.361. The first-order valence-corrected chi connectivity index (χ1v) is 2.98. The first kappa shape index (κ1) is 8.85. The Morgan fingerprint density at radius 2 is 2.50 bits per heavy atom. The van der Waals surface area contributed by atoms with E-state index in [0.717, 1.165) is 4.90 Å². The molecule has 3 N–H and O–H groups in total. The topological polar surface area (TPSA) is 76.9 Å². The van der Waals surface area contributed by atoms with Crippen LogP contribution in [0.2, 0.25) is 0 Å². The van der Waals surface area contributed by atoms with Crippen LogP contribution in [0.3, 0.4) is 0 Å². The Hall–Kier alpha value is -1.15. The van der Waals surface area contributed by atoms with Crippen molar-refractivity contribution < 1.29 is 0 Å². The minimum absolute atomic E-state index is 0.331. The first-order valence-electron chi connectivity index (χ1n) is 2.47. The van der Waals surface area contributed by atoms with E-state index in [4.69, 9.17) is 16.4 Å². The molecule has 5 heteroatoms. The fraction of sp³-hybridized carbons (Fsp3) is 0.200. The molecule has 0 amide bonds. The van der Waals surface area contributed by atoms with E-state index in [0.29, 0.717) is 0 Å². The summed E-state index contributed by atoms with van der Waals surface area (Å²) < 4.78 is 0. The highest BCUT2D eigenvalue weighted by Gasteiger charge is 2.10. The maximum Gasteiger partial charge on any atom is 0.203 e. The Balaban J connectivity index is 4.23. The highest BCUT2D eigenvalue weighted by atomic mass is 32.1. The third-order valence-electron chi connectivity index (χ3n) is 0.843. The number of nitrogens with two attached hydrogens (primary N) is 1. The SMILES string of the molecule is C=CC(S)N(C#N)C(=N)N. The van der Waals surface area contributed by atoms with Gasteiger partial charge < -0.3 is 5.73 Å². The van der Waals surface area contributed by atoms with Crippen molar-refractivity contribution in [3.05, 3.63) is 12.7 Å². The van der Waals surface area contributed by atoms with Gasteiger partial charge in [0.25, 0.3) is 0 Å². The van der Waals surface area contributed by atoms with Gasteiger partial charge in [-0.3, -0.25) is 5.41 Å². The maximum atomic E-state index is 8.36. The van der Waals surface area contributed by atoms with Gasteiger partial charge >= 0.3 is 0 Å². The van der Waals surface area contributed by atoms with E-state index < -0.39 is 5.37 Å². The molecule has 0 aromatic rings. The molecular weight excluding hydrogens is 148 g/mol. The van der Waals surface area contributed by atoms with Gasteiger partial charge in [0.2, 0.25) is 5.96 Å². The van der Waals surface area contributed by atoms with Gasteiger partial charge in [-0.05, 0) is 0 Å². The summed E-state index contributed by atoms with van der Waals surface area (Å²) in [6.45, 7) is 3.39. The second-order valence-corrected chi connectivity index (χ2v) is 2.03. The number of thiol groups is 1. The number of hydrogen-bond donors (Lipinski definition) is 3. The van der Waals surface area contributed by atoms with Gasteiger partial charge in [-0.1, -0.05) is 6.08 Å². The number of nitrogens with zero attached hydrogens (tertiary/aromatic N) is 2. The highest BCUT2D eigenvalue weighted by molar-refractivity contribution is 7.81. The molecule has 1 atom stereocenters. The van der Waals surface area contributed by atoms with Crippen LogP contribution in [0, 0.1) is 16.9 Å². The Morgan fingerprint density at radius 1 is 2.00 bits per heavy atom. The lowest BCUT2D eigenvalue weighted by Crippen LogP contribution is -2.36. The van der Waals surface area contributed by atoms with Crippen molar-refractivity contribution in [2.75, 3.05) is 0 Å². The summed E-state index contributed by atoms with van der Waals surface area (Å²) in [5.74, 6) is -0.331. The van der Waals surface area contributed by atoms with Crippen LogP contribution >= 0.6 is 12.6 Å². The monoisotopic (exact) mass is 156 g/mol. The van der Waals surface area contributed by atoms with Gasteiger partial charge in [-0.2, -0.15) is 5.26 Å². The van der Waals surface area contributed by atoms with Crippen LogP contribution in [-0.4, -0.2) is 16.2 Å². The third kappa shape index (κ3) is 1.99. The van der Waals surface area contributed by atoms with Crippen molar-refractivity contribution in [2.24, 2.45) is 5.73 Å². The molecule has 54 valence electrons. The number of hydrogen-bond acceptors (Lipinski definition) is 3. The third-order valence-corrected chi connectivity index (χ3v) is 1.28. The zero-order valence-electron chi connectivity index (χ0n) is 5.28. The second-order valence-electron chi connectivity index (χ2n) is 1.50. The molecule has 10 heavy (non-hydrogen) atoms. The van der Waals surface area contributed by atoms with E-state index >= 15 is 0 Å². The van der Waals surface area contributed by atoms with Crippen LogP contribution in [0.1, 0.15) is 0 Å². The van der Waals surface area contributed by atoms with Gasteiger partial charge in [-0.15, -0.1) is 19.2 Å². The van der Waals surface area contributed by atoms with Crippen molar-refractivity contribution in [1.29, 1.82) is 10.7 Å². The Bertz CT molecular complexity index is 183. The van der Waals surface area contributed by atoms with Crippen LogP contribution in [0.15, 0.2) is 12.7 Å². The molecule has 0 aliphatic carbocycles. The van der Waals surface area contributed by atoms with Crippen molar-refractivity contribution in [2.45, 2.75) is 5.37 Å². The number of nitriles is 1. The fourth-order valence-corrected chi connectivity index (χ4v) is 0.537. The summed E-state index contributed by atoms with van der Waals surface area (Å²) in [7, 11) is 0. The Morgan fingerprint density at radius 3 is 2.60 bits per heavy atom. The molecule has 0 spiro atoms. The predicted octanol–water partition coefficient (Wildman–Crippen LogP) is 0.105. The van der Waals surface area contributed by atoms with Gasteiger partial charge in [0, 0.05) is 0 Å². The quantitative estimate of drug-likeness (QED) is 0.101. The van der Waals surface area contributed by atoms with Gasteiger partial charge in [0.1, 0.15) is 5.37 Å². The van der Waals surface area contributed by atoms with Crippen LogP contribution in [0.4, 0.5) is 0 Å². The summed E-state index contributed by atoms with van der Waals surface area (Å²) in [6.07, 6.45) is 3.10. The van der Waals surface area contributed by atoms with Crippen LogP contribution in [-0.2, 0) is 0 Å². The first-order chi connectivity index (χ1) is 4.63. The second kappa shape index (κ2) is 3.80. The molecular formula is C5H8N4S. The van der Waals surface area contributed by atoms with Crippen LogP contribution in [0.25, 0.3) is 0 Å². The number of nitrogens with one attached hydrogen (secondary N) is 1.